The van der Waals surface area contributed by atoms with Crippen LogP contribution in [0.3, 0.4) is 0 Å². The smallest absolute Gasteiger partial charge is 0.466 e. The van der Waals surface area contributed by atoms with Crippen molar-refractivity contribution in [3.63, 3.8) is 0 Å². The van der Waals surface area contributed by atoms with Gasteiger partial charge in [0.2, 0.25) is 0 Å². The van der Waals surface area contributed by atoms with Crippen LogP contribution in [0.2, 0.25) is 0 Å². The van der Waals surface area contributed by atoms with E-state index in [1.54, 1.807) is 0 Å². The zero-order valence-electron chi connectivity index (χ0n) is 15.4. The van der Waals surface area contributed by atoms with Gasteiger partial charge in [0.1, 0.15) is 5.75 Å². The number of rotatable bonds is 6. The summed E-state index contributed by atoms with van der Waals surface area (Å²) in [7, 11) is 0.841. The minimum atomic E-state index is -0.546. The maximum absolute atomic E-state index is 12.0. The lowest BCUT2D eigenvalue weighted by Gasteiger charge is -2.32. The molecule has 132 valence electrons. The molecule has 1 heterocycles. The molecule has 1 aliphatic rings. The maximum Gasteiger partial charge on any atom is 0.466 e. The highest BCUT2D eigenvalue weighted by Gasteiger charge is 2.54. The van der Waals surface area contributed by atoms with E-state index in [4.69, 9.17) is 18.8 Å². The Balaban J connectivity index is 2.38. The van der Waals surface area contributed by atoms with Gasteiger partial charge in [0.05, 0.1) is 31.3 Å². The van der Waals surface area contributed by atoms with Gasteiger partial charge in [-0.2, -0.15) is 0 Å². The van der Waals surface area contributed by atoms with E-state index in [2.05, 4.69) is 0 Å². The molecule has 1 unspecified atom stereocenters. The lowest BCUT2D eigenvalue weighted by atomic mass is 9.66. The molecule has 2 rings (SSSR count). The number of benzene rings is 1. The lowest BCUT2D eigenvalue weighted by molar-refractivity contribution is -0.140. The van der Waals surface area contributed by atoms with Crippen LogP contribution in [0.4, 0.5) is 0 Å². The third-order valence-corrected chi connectivity index (χ3v) is 4.83. The first kappa shape index (κ1) is 18.8. The van der Waals surface area contributed by atoms with Crippen molar-refractivity contribution < 1.29 is 23.6 Å². The third-order valence-electron chi connectivity index (χ3n) is 4.83. The Morgan fingerprint density at radius 1 is 1.17 bits per heavy atom. The van der Waals surface area contributed by atoms with Crippen molar-refractivity contribution >= 4 is 13.1 Å². The normalized spacial score (nSPS) is 19.8. The van der Waals surface area contributed by atoms with Gasteiger partial charge in [0, 0.05) is 5.82 Å². The molecule has 1 saturated heterocycles. The molecule has 1 aromatic carbocycles. The van der Waals surface area contributed by atoms with Crippen molar-refractivity contribution in [1.29, 1.82) is 0 Å². The molecule has 1 fully saturated rings. The van der Waals surface area contributed by atoms with Crippen molar-refractivity contribution in [2.45, 2.75) is 58.1 Å². The zero-order valence-corrected chi connectivity index (χ0v) is 15.4. The van der Waals surface area contributed by atoms with Crippen LogP contribution in [0.25, 0.3) is 0 Å². The number of hydrogen-bond acceptors (Lipinski definition) is 5. The molecule has 0 bridgehead atoms. The largest absolute Gasteiger partial charge is 0.494 e. The molecule has 1 aliphatic heterocycles. The van der Waals surface area contributed by atoms with Gasteiger partial charge in [-0.15, -0.1) is 0 Å². The topological polar surface area (TPSA) is 54.0 Å². The SMILES string of the molecule is CCOc1ccccc1C(CC(=O)OC)B1OC(C)(C)C(C)(C)O1. The fraction of sp³-hybridized carbons (Fsp3) is 0.611. The summed E-state index contributed by atoms with van der Waals surface area (Å²) in [6, 6.07) is 7.68. The number of ether oxygens (including phenoxy) is 2. The molecule has 24 heavy (non-hydrogen) atoms. The molecule has 0 spiro atoms. The second kappa shape index (κ2) is 7.15. The van der Waals surface area contributed by atoms with Crippen molar-refractivity contribution in [2.75, 3.05) is 13.7 Å². The van der Waals surface area contributed by atoms with E-state index < -0.39 is 18.3 Å². The number of hydrogen-bond donors (Lipinski definition) is 0. The van der Waals surface area contributed by atoms with Gasteiger partial charge in [0.25, 0.3) is 0 Å². The number of para-hydroxylation sites is 1. The molecule has 0 aliphatic carbocycles. The lowest BCUT2D eigenvalue weighted by Crippen LogP contribution is -2.41. The van der Waals surface area contributed by atoms with Gasteiger partial charge >= 0.3 is 13.1 Å². The Bertz CT molecular complexity index is 569. The molecule has 5 nitrogen and oxygen atoms in total. The van der Waals surface area contributed by atoms with Gasteiger partial charge in [-0.25, -0.2) is 0 Å². The average Bonchev–Trinajstić information content (AvgIpc) is 2.73. The van der Waals surface area contributed by atoms with Crippen molar-refractivity contribution in [2.24, 2.45) is 0 Å². The Kier molecular flexibility index (Phi) is 5.61. The molecule has 1 aromatic rings. The highest BCUT2D eigenvalue weighted by atomic mass is 16.7. The highest BCUT2D eigenvalue weighted by molar-refractivity contribution is 6.48. The molecule has 0 amide bonds. The standard InChI is InChI=1S/C18H27BO5/c1-7-22-15-11-9-8-10-13(15)14(12-16(20)21-6)19-23-17(2,3)18(4,5)24-19/h8-11,14H,7,12H2,1-6H3. The molecule has 0 saturated carbocycles. The van der Waals surface area contributed by atoms with E-state index in [9.17, 15) is 4.79 Å². The number of carbonyl (C=O) groups excluding carboxylic acids is 1. The van der Waals surface area contributed by atoms with E-state index in [-0.39, 0.29) is 18.2 Å². The van der Waals surface area contributed by atoms with Crippen LogP contribution in [0.1, 0.15) is 52.4 Å². The van der Waals surface area contributed by atoms with Crippen LogP contribution < -0.4 is 4.74 Å². The Morgan fingerprint density at radius 3 is 2.29 bits per heavy atom. The molecule has 1 atom stereocenters. The summed E-state index contributed by atoms with van der Waals surface area (Å²) in [5.41, 5.74) is -0.0395. The first-order valence-corrected chi connectivity index (χ1v) is 8.36. The van der Waals surface area contributed by atoms with Gasteiger partial charge < -0.3 is 18.8 Å². The summed E-state index contributed by atoms with van der Waals surface area (Å²) in [5, 5.41) is 0. The van der Waals surface area contributed by atoms with E-state index in [1.807, 2.05) is 58.9 Å². The zero-order chi connectivity index (χ0) is 18.0. The summed E-state index contributed by atoms with van der Waals surface area (Å²) >= 11 is 0. The van der Waals surface area contributed by atoms with Crippen molar-refractivity contribution in [1.82, 2.24) is 0 Å². The molecule has 0 radical (unpaired) electrons. The summed E-state index contributed by atoms with van der Waals surface area (Å²) < 4.78 is 23.0. The Morgan fingerprint density at radius 2 is 1.75 bits per heavy atom. The minimum absolute atomic E-state index is 0.164. The van der Waals surface area contributed by atoms with Gasteiger partial charge in [-0.3, -0.25) is 4.79 Å². The van der Waals surface area contributed by atoms with Gasteiger partial charge in [-0.05, 0) is 46.2 Å². The van der Waals surface area contributed by atoms with Crippen LogP contribution in [0.15, 0.2) is 24.3 Å². The van der Waals surface area contributed by atoms with E-state index in [0.717, 1.165) is 11.3 Å². The van der Waals surface area contributed by atoms with Crippen LogP contribution >= 0.6 is 0 Å². The van der Waals surface area contributed by atoms with E-state index in [1.165, 1.54) is 7.11 Å². The quantitative estimate of drug-likeness (QED) is 0.590. The Labute approximate surface area is 144 Å². The molecular formula is C18H27BO5. The summed E-state index contributed by atoms with van der Waals surface area (Å²) in [6.07, 6.45) is 0.164. The maximum atomic E-state index is 12.0. The molecule has 6 heteroatoms. The van der Waals surface area contributed by atoms with Crippen LogP contribution in [0, 0.1) is 0 Å². The first-order valence-electron chi connectivity index (χ1n) is 8.36. The second-order valence-corrected chi connectivity index (χ2v) is 6.98. The van der Waals surface area contributed by atoms with E-state index in [0.29, 0.717) is 6.61 Å². The highest BCUT2D eigenvalue weighted by Crippen LogP contribution is 2.43. The van der Waals surface area contributed by atoms with Crippen LogP contribution in [0.5, 0.6) is 5.75 Å². The van der Waals surface area contributed by atoms with E-state index >= 15 is 0 Å². The number of esters is 1. The molecule has 0 N–H and O–H groups in total. The van der Waals surface area contributed by atoms with Gasteiger partial charge in [0.15, 0.2) is 0 Å². The van der Waals surface area contributed by atoms with Crippen LogP contribution in [-0.4, -0.2) is 38.0 Å². The molecular weight excluding hydrogens is 307 g/mol. The fourth-order valence-corrected chi connectivity index (χ4v) is 2.74. The number of carbonyl (C=O) groups is 1. The fourth-order valence-electron chi connectivity index (χ4n) is 2.74. The third kappa shape index (κ3) is 3.76. The summed E-state index contributed by atoms with van der Waals surface area (Å²) in [5.74, 6) is 0.130. The first-order chi connectivity index (χ1) is 11.2. The monoisotopic (exact) mass is 334 g/mol. The van der Waals surface area contributed by atoms with Gasteiger partial charge in [-0.1, -0.05) is 18.2 Å². The molecule has 0 aromatic heterocycles. The van der Waals surface area contributed by atoms with Crippen molar-refractivity contribution in [3.8, 4) is 5.75 Å². The predicted molar refractivity (Wildman–Crippen MR) is 93.1 cm³/mol. The minimum Gasteiger partial charge on any atom is -0.494 e. The Hall–Kier alpha value is -1.53. The number of methoxy groups -OCH3 is 1. The van der Waals surface area contributed by atoms with Crippen LogP contribution in [-0.2, 0) is 18.8 Å². The summed E-state index contributed by atoms with van der Waals surface area (Å²) in [4.78, 5) is 12.0. The summed E-state index contributed by atoms with van der Waals surface area (Å²) in [6.45, 7) is 10.5. The average molecular weight is 334 g/mol. The predicted octanol–water partition coefficient (Wildman–Crippen LogP) is 3.36. The van der Waals surface area contributed by atoms with Crippen molar-refractivity contribution in [3.05, 3.63) is 29.8 Å². The second-order valence-electron chi connectivity index (χ2n) is 6.98.